The van der Waals surface area contributed by atoms with E-state index in [9.17, 15) is 9.59 Å². The highest BCUT2D eigenvalue weighted by atomic mass is 32.1. The Morgan fingerprint density at radius 1 is 1.38 bits per heavy atom. The fourth-order valence-corrected chi connectivity index (χ4v) is 3.22. The van der Waals surface area contributed by atoms with Crippen LogP contribution in [0.2, 0.25) is 0 Å². The highest BCUT2D eigenvalue weighted by molar-refractivity contribution is 7.15. The van der Waals surface area contributed by atoms with Gasteiger partial charge in [0, 0.05) is 23.2 Å². The van der Waals surface area contributed by atoms with E-state index in [0.29, 0.717) is 10.7 Å². The topological polar surface area (TPSA) is 76.6 Å². The normalized spacial score (nSPS) is 12.5. The monoisotopic (exact) mass is 339 g/mol. The van der Waals surface area contributed by atoms with Gasteiger partial charge in [-0.25, -0.2) is 4.98 Å². The number of furan rings is 1. The van der Waals surface area contributed by atoms with Crippen LogP contribution in [-0.2, 0) is 0 Å². The van der Waals surface area contributed by atoms with Crippen LogP contribution in [0.4, 0.5) is 0 Å². The molecule has 1 atom stereocenters. The highest BCUT2D eigenvalue weighted by Crippen LogP contribution is 2.23. The third-order valence-electron chi connectivity index (χ3n) is 3.81. The summed E-state index contributed by atoms with van der Waals surface area (Å²) in [4.78, 5) is 29.5. The molecule has 1 N–H and O–H groups in total. The third kappa shape index (κ3) is 2.39. The Morgan fingerprint density at radius 2 is 2.21 bits per heavy atom. The average molecular weight is 339 g/mol. The summed E-state index contributed by atoms with van der Waals surface area (Å²) in [6, 6.07) is 9.14. The number of rotatable bonds is 3. The minimum atomic E-state index is -0.471. The molecule has 1 amide bonds. The summed E-state index contributed by atoms with van der Waals surface area (Å²) in [5.41, 5.74) is 0.388. The van der Waals surface area contributed by atoms with Gasteiger partial charge < -0.3 is 9.73 Å². The number of nitrogens with one attached hydrogen (secondary N) is 1. The first-order valence-corrected chi connectivity index (χ1v) is 8.25. The van der Waals surface area contributed by atoms with Gasteiger partial charge in [0.15, 0.2) is 4.96 Å². The van der Waals surface area contributed by atoms with Gasteiger partial charge >= 0.3 is 0 Å². The van der Waals surface area contributed by atoms with Crippen LogP contribution in [0.25, 0.3) is 15.9 Å². The zero-order valence-corrected chi connectivity index (χ0v) is 13.5. The number of benzene rings is 1. The molecular formula is C17H13N3O3S. The Balaban J connectivity index is 1.62. The first kappa shape index (κ1) is 14.6. The maximum atomic E-state index is 12.4. The average Bonchev–Trinajstić information content (AvgIpc) is 3.21. The van der Waals surface area contributed by atoms with Crippen LogP contribution in [0.1, 0.15) is 29.1 Å². The smallest absolute Gasteiger partial charge is 0.271 e. The molecular weight excluding hydrogens is 326 g/mol. The van der Waals surface area contributed by atoms with Gasteiger partial charge in [-0.05, 0) is 19.1 Å². The molecule has 0 fully saturated rings. The summed E-state index contributed by atoms with van der Waals surface area (Å²) < 4.78 is 7.11. The lowest BCUT2D eigenvalue weighted by atomic mass is 10.2. The number of thiazole rings is 1. The summed E-state index contributed by atoms with van der Waals surface area (Å²) in [5, 5.41) is 5.51. The second kappa shape index (κ2) is 5.61. The number of carbonyl (C=O) groups is 1. The molecule has 24 heavy (non-hydrogen) atoms. The van der Waals surface area contributed by atoms with Crippen LogP contribution in [0.3, 0.4) is 0 Å². The number of nitrogens with zero attached hydrogens (tertiary/aromatic N) is 2. The molecule has 7 heteroatoms. The lowest BCUT2D eigenvalue weighted by molar-refractivity contribution is 0.0933. The predicted octanol–water partition coefficient (Wildman–Crippen LogP) is 2.99. The number of aromatic nitrogens is 2. The van der Waals surface area contributed by atoms with Crippen molar-refractivity contribution in [1.82, 2.24) is 14.7 Å². The fraction of sp³-hybridized carbons (Fsp3) is 0.118. The number of amides is 1. The molecule has 3 heterocycles. The SMILES string of the molecule is C[C@H](NC(=O)c1cnc2sccn2c1=O)c1cc2ccccc2o1. The van der Waals surface area contributed by atoms with Crippen molar-refractivity contribution in [3.05, 3.63) is 69.8 Å². The molecule has 1 aromatic carbocycles. The minimum Gasteiger partial charge on any atom is -0.459 e. The third-order valence-corrected chi connectivity index (χ3v) is 4.58. The predicted molar refractivity (Wildman–Crippen MR) is 91.4 cm³/mol. The minimum absolute atomic E-state index is 0.00820. The van der Waals surface area contributed by atoms with Crippen molar-refractivity contribution in [2.75, 3.05) is 0 Å². The summed E-state index contributed by atoms with van der Waals surface area (Å²) in [7, 11) is 0. The van der Waals surface area contributed by atoms with Crippen LogP contribution in [0.15, 0.2) is 57.3 Å². The van der Waals surface area contributed by atoms with Crippen molar-refractivity contribution in [1.29, 1.82) is 0 Å². The number of hydrogen-bond donors (Lipinski definition) is 1. The molecule has 0 aliphatic rings. The molecule has 4 rings (SSSR count). The van der Waals surface area contributed by atoms with E-state index in [1.807, 2.05) is 37.3 Å². The maximum absolute atomic E-state index is 12.4. The Labute approximate surface area is 140 Å². The van der Waals surface area contributed by atoms with E-state index in [4.69, 9.17) is 4.42 Å². The van der Waals surface area contributed by atoms with Gasteiger partial charge in [0.05, 0.1) is 6.04 Å². The molecule has 6 nitrogen and oxygen atoms in total. The summed E-state index contributed by atoms with van der Waals surface area (Å²) >= 11 is 1.34. The molecule has 3 aromatic heterocycles. The number of carbonyl (C=O) groups excluding carboxylic acids is 1. The van der Waals surface area contributed by atoms with E-state index in [0.717, 1.165) is 11.0 Å². The van der Waals surface area contributed by atoms with Gasteiger partial charge in [-0.2, -0.15) is 0 Å². The van der Waals surface area contributed by atoms with E-state index in [1.54, 1.807) is 11.6 Å². The molecule has 0 saturated carbocycles. The van der Waals surface area contributed by atoms with Gasteiger partial charge in [0.2, 0.25) is 0 Å². The summed E-state index contributed by atoms with van der Waals surface area (Å²) in [6.07, 6.45) is 2.92. The first-order valence-electron chi connectivity index (χ1n) is 7.37. The van der Waals surface area contributed by atoms with Gasteiger partial charge in [-0.3, -0.25) is 14.0 Å². The van der Waals surface area contributed by atoms with E-state index in [2.05, 4.69) is 10.3 Å². The lowest BCUT2D eigenvalue weighted by Crippen LogP contribution is -2.32. The molecule has 0 saturated heterocycles. The van der Waals surface area contributed by atoms with Crippen LogP contribution in [0, 0.1) is 0 Å². The molecule has 4 aromatic rings. The van der Waals surface area contributed by atoms with E-state index in [-0.39, 0.29) is 17.2 Å². The summed E-state index contributed by atoms with van der Waals surface area (Å²) in [6.45, 7) is 1.81. The number of para-hydroxylation sites is 1. The second-order valence-electron chi connectivity index (χ2n) is 5.41. The van der Waals surface area contributed by atoms with Crippen molar-refractivity contribution in [3.8, 4) is 0 Å². The van der Waals surface area contributed by atoms with E-state index >= 15 is 0 Å². The summed E-state index contributed by atoms with van der Waals surface area (Å²) in [5.74, 6) is 0.162. The van der Waals surface area contributed by atoms with E-state index < -0.39 is 5.91 Å². The maximum Gasteiger partial charge on any atom is 0.271 e. The van der Waals surface area contributed by atoms with E-state index in [1.165, 1.54) is 21.9 Å². The zero-order chi connectivity index (χ0) is 16.7. The van der Waals surface area contributed by atoms with Gasteiger partial charge in [-0.1, -0.05) is 18.2 Å². The Morgan fingerprint density at radius 3 is 3.04 bits per heavy atom. The van der Waals surface area contributed by atoms with Crippen molar-refractivity contribution < 1.29 is 9.21 Å². The van der Waals surface area contributed by atoms with Crippen molar-refractivity contribution in [3.63, 3.8) is 0 Å². The molecule has 0 bridgehead atoms. The van der Waals surface area contributed by atoms with Crippen molar-refractivity contribution in [2.24, 2.45) is 0 Å². The fourth-order valence-electron chi connectivity index (χ4n) is 2.54. The van der Waals surface area contributed by atoms with Gasteiger partial charge in [0.1, 0.15) is 16.9 Å². The van der Waals surface area contributed by atoms with Crippen LogP contribution < -0.4 is 10.9 Å². The highest BCUT2D eigenvalue weighted by Gasteiger charge is 2.18. The second-order valence-corrected chi connectivity index (χ2v) is 6.29. The standard InChI is InChI=1S/C17H13N3O3S/c1-10(14-8-11-4-2-3-5-13(11)23-14)19-15(21)12-9-18-17-20(16(12)22)6-7-24-17/h2-10H,1H3,(H,19,21)/t10-/m0/s1. The molecule has 0 aliphatic carbocycles. The number of hydrogen-bond acceptors (Lipinski definition) is 5. The molecule has 0 aliphatic heterocycles. The van der Waals surface area contributed by atoms with Crippen molar-refractivity contribution in [2.45, 2.75) is 13.0 Å². The largest absolute Gasteiger partial charge is 0.459 e. The Bertz CT molecular complexity index is 1080. The zero-order valence-electron chi connectivity index (χ0n) is 12.7. The van der Waals surface area contributed by atoms with Gasteiger partial charge in [-0.15, -0.1) is 11.3 Å². The van der Waals surface area contributed by atoms with Crippen LogP contribution >= 0.6 is 11.3 Å². The molecule has 120 valence electrons. The quantitative estimate of drug-likeness (QED) is 0.622. The molecule has 0 unspecified atom stereocenters. The first-order chi connectivity index (χ1) is 11.6. The van der Waals surface area contributed by atoms with Crippen LogP contribution in [0.5, 0.6) is 0 Å². The molecule has 0 spiro atoms. The Hall–Kier alpha value is -2.93. The lowest BCUT2D eigenvalue weighted by Gasteiger charge is -2.10. The van der Waals surface area contributed by atoms with Gasteiger partial charge in [0.25, 0.3) is 11.5 Å². The number of fused-ring (bicyclic) bond motifs is 2. The van der Waals surface area contributed by atoms with Crippen LogP contribution in [-0.4, -0.2) is 15.3 Å². The Kier molecular flexibility index (Phi) is 3.42. The van der Waals surface area contributed by atoms with Crippen molar-refractivity contribution >= 4 is 33.2 Å². The molecule has 0 radical (unpaired) electrons.